The molecule has 1 unspecified atom stereocenters. The van der Waals surface area contributed by atoms with Crippen LogP contribution in [0.5, 0.6) is 0 Å². The fraction of sp³-hybridized carbons (Fsp3) is 0.267. The van der Waals surface area contributed by atoms with E-state index in [1.807, 2.05) is 6.07 Å². The first kappa shape index (κ1) is 12.6. The molecule has 1 aliphatic rings. The van der Waals surface area contributed by atoms with Crippen LogP contribution in [-0.4, -0.2) is 15.9 Å². The molecule has 1 aromatic carbocycles. The van der Waals surface area contributed by atoms with Crippen molar-refractivity contribution in [2.24, 2.45) is 0 Å². The number of anilines is 1. The van der Waals surface area contributed by atoms with Gasteiger partial charge >= 0.3 is 0 Å². The Morgan fingerprint density at radius 1 is 1.25 bits per heavy atom. The lowest BCUT2D eigenvalue weighted by atomic mass is 9.88. The Labute approximate surface area is 116 Å². The zero-order chi connectivity index (χ0) is 13.9. The molecule has 102 valence electrons. The molecule has 1 aliphatic carbocycles. The third kappa shape index (κ3) is 2.61. The largest absolute Gasteiger partial charge is 0.367 e. The highest BCUT2D eigenvalue weighted by Gasteiger charge is 2.19. The lowest BCUT2D eigenvalue weighted by Gasteiger charge is -2.25. The first-order valence-electron chi connectivity index (χ1n) is 6.66. The fourth-order valence-electron chi connectivity index (χ4n) is 2.64. The molecule has 1 atom stereocenters. The molecule has 2 aromatic rings. The maximum absolute atomic E-state index is 10.8. The van der Waals surface area contributed by atoms with E-state index in [9.17, 15) is 10.1 Å². The Morgan fingerprint density at radius 2 is 2.05 bits per heavy atom. The summed E-state index contributed by atoms with van der Waals surface area (Å²) in [6.07, 6.45) is 4.45. The number of nitrogens with one attached hydrogen (secondary N) is 1. The maximum atomic E-state index is 10.8. The van der Waals surface area contributed by atoms with Crippen molar-refractivity contribution in [1.29, 1.82) is 0 Å². The van der Waals surface area contributed by atoms with Gasteiger partial charge in [-0.1, -0.05) is 24.3 Å². The summed E-state index contributed by atoms with van der Waals surface area (Å²) in [5.41, 5.74) is 2.82. The second-order valence-corrected chi connectivity index (χ2v) is 5.01. The maximum Gasteiger partial charge on any atom is 0.274 e. The Morgan fingerprint density at radius 3 is 2.85 bits per heavy atom. The first-order chi connectivity index (χ1) is 9.72. The highest BCUT2D eigenvalue weighted by atomic mass is 16.6. The van der Waals surface area contributed by atoms with Crippen molar-refractivity contribution in [2.75, 3.05) is 5.32 Å². The molecule has 1 N–H and O–H groups in total. The van der Waals surface area contributed by atoms with Crippen LogP contribution in [0.3, 0.4) is 0 Å². The van der Waals surface area contributed by atoms with Gasteiger partial charge in [0.05, 0.1) is 11.0 Å². The number of hydrogen-bond acceptors (Lipinski definition) is 4. The van der Waals surface area contributed by atoms with Gasteiger partial charge in [0.25, 0.3) is 5.69 Å². The molecule has 5 nitrogen and oxygen atoms in total. The lowest BCUT2D eigenvalue weighted by Crippen LogP contribution is -2.27. The van der Waals surface area contributed by atoms with E-state index in [1.54, 1.807) is 0 Å². The highest BCUT2D eigenvalue weighted by Crippen LogP contribution is 2.24. The van der Waals surface area contributed by atoms with E-state index in [-0.39, 0.29) is 11.7 Å². The Hall–Kier alpha value is -2.43. The van der Waals surface area contributed by atoms with E-state index < -0.39 is 4.92 Å². The summed E-state index contributed by atoms with van der Waals surface area (Å²) in [6.45, 7) is 0. The van der Waals surface area contributed by atoms with Gasteiger partial charge in [-0.3, -0.25) is 10.1 Å². The third-order valence-electron chi connectivity index (χ3n) is 3.65. The van der Waals surface area contributed by atoms with Crippen LogP contribution in [-0.2, 0) is 12.8 Å². The molecule has 0 bridgehead atoms. The van der Waals surface area contributed by atoms with Crippen molar-refractivity contribution in [2.45, 2.75) is 25.3 Å². The SMILES string of the molecule is O=[N+]([O-])c1ccnc(NC2CCc3ccccc3C2)c1. The van der Waals surface area contributed by atoms with Crippen molar-refractivity contribution in [3.63, 3.8) is 0 Å². The molecular formula is C15H15N3O2. The molecule has 0 fully saturated rings. The number of nitro groups is 1. The number of benzene rings is 1. The normalized spacial score (nSPS) is 17.3. The molecule has 1 aromatic heterocycles. The molecule has 0 amide bonds. The number of nitrogens with zero attached hydrogens (tertiary/aromatic N) is 2. The average molecular weight is 269 g/mol. The van der Waals surface area contributed by atoms with Gasteiger partial charge in [-0.15, -0.1) is 0 Å². The van der Waals surface area contributed by atoms with Gasteiger partial charge in [0.1, 0.15) is 5.82 Å². The summed E-state index contributed by atoms with van der Waals surface area (Å²) in [5, 5.41) is 14.1. The molecule has 0 spiro atoms. The number of pyridine rings is 1. The summed E-state index contributed by atoms with van der Waals surface area (Å²) in [7, 11) is 0. The quantitative estimate of drug-likeness (QED) is 0.687. The monoisotopic (exact) mass is 269 g/mol. The van der Waals surface area contributed by atoms with Crippen LogP contribution in [0.1, 0.15) is 17.5 Å². The number of aromatic nitrogens is 1. The number of rotatable bonds is 3. The van der Waals surface area contributed by atoms with Gasteiger partial charge in [-0.2, -0.15) is 0 Å². The summed E-state index contributed by atoms with van der Waals surface area (Å²) in [6, 6.07) is 11.6. The minimum atomic E-state index is -0.400. The summed E-state index contributed by atoms with van der Waals surface area (Å²) in [4.78, 5) is 14.5. The molecule has 3 rings (SSSR count). The van der Waals surface area contributed by atoms with Gasteiger partial charge in [-0.05, 0) is 30.4 Å². The van der Waals surface area contributed by atoms with E-state index in [0.717, 1.165) is 19.3 Å². The molecule has 0 saturated carbocycles. The Bertz CT molecular complexity index is 643. The van der Waals surface area contributed by atoms with Gasteiger partial charge in [0.2, 0.25) is 0 Å². The van der Waals surface area contributed by atoms with Crippen LogP contribution in [0, 0.1) is 10.1 Å². The van der Waals surface area contributed by atoms with Crippen molar-refractivity contribution >= 4 is 11.5 Å². The van der Waals surface area contributed by atoms with Crippen molar-refractivity contribution < 1.29 is 4.92 Å². The zero-order valence-electron chi connectivity index (χ0n) is 11.0. The predicted octanol–water partition coefficient (Wildman–Crippen LogP) is 2.96. The molecule has 5 heteroatoms. The van der Waals surface area contributed by atoms with Crippen LogP contribution < -0.4 is 5.32 Å². The van der Waals surface area contributed by atoms with Crippen LogP contribution in [0.4, 0.5) is 11.5 Å². The second-order valence-electron chi connectivity index (χ2n) is 5.01. The minimum absolute atomic E-state index is 0.0682. The summed E-state index contributed by atoms with van der Waals surface area (Å²) < 4.78 is 0. The third-order valence-corrected chi connectivity index (χ3v) is 3.65. The molecule has 20 heavy (non-hydrogen) atoms. The van der Waals surface area contributed by atoms with Crippen LogP contribution in [0.15, 0.2) is 42.6 Å². The Balaban J connectivity index is 1.73. The van der Waals surface area contributed by atoms with Crippen molar-refractivity contribution in [3.05, 3.63) is 63.8 Å². The van der Waals surface area contributed by atoms with E-state index in [2.05, 4.69) is 28.5 Å². The molecule has 0 saturated heterocycles. The van der Waals surface area contributed by atoms with Gasteiger partial charge in [0.15, 0.2) is 0 Å². The van der Waals surface area contributed by atoms with E-state index in [4.69, 9.17) is 0 Å². The average Bonchev–Trinajstić information content (AvgIpc) is 2.47. The van der Waals surface area contributed by atoms with Crippen molar-refractivity contribution in [3.8, 4) is 0 Å². The fourth-order valence-corrected chi connectivity index (χ4v) is 2.64. The predicted molar refractivity (Wildman–Crippen MR) is 76.8 cm³/mol. The number of fused-ring (bicyclic) bond motifs is 1. The van der Waals surface area contributed by atoms with Gasteiger partial charge in [0, 0.05) is 18.3 Å². The van der Waals surface area contributed by atoms with E-state index in [1.165, 1.54) is 29.5 Å². The highest BCUT2D eigenvalue weighted by molar-refractivity contribution is 5.45. The minimum Gasteiger partial charge on any atom is -0.367 e. The van der Waals surface area contributed by atoms with E-state index >= 15 is 0 Å². The number of aryl methyl sites for hydroxylation is 1. The summed E-state index contributed by atoms with van der Waals surface area (Å²) >= 11 is 0. The number of hydrogen-bond donors (Lipinski definition) is 1. The first-order valence-corrected chi connectivity index (χ1v) is 6.66. The van der Waals surface area contributed by atoms with Crippen molar-refractivity contribution in [1.82, 2.24) is 4.98 Å². The molecule has 0 aliphatic heterocycles. The van der Waals surface area contributed by atoms with Crippen LogP contribution >= 0.6 is 0 Å². The van der Waals surface area contributed by atoms with E-state index in [0.29, 0.717) is 5.82 Å². The lowest BCUT2D eigenvalue weighted by molar-refractivity contribution is -0.384. The van der Waals surface area contributed by atoms with Gasteiger partial charge in [-0.25, -0.2) is 4.98 Å². The topological polar surface area (TPSA) is 68.1 Å². The second kappa shape index (κ2) is 5.28. The smallest absolute Gasteiger partial charge is 0.274 e. The van der Waals surface area contributed by atoms with Crippen LogP contribution in [0.25, 0.3) is 0 Å². The van der Waals surface area contributed by atoms with Crippen LogP contribution in [0.2, 0.25) is 0 Å². The standard InChI is InChI=1S/C15H15N3O2/c19-18(20)14-7-8-16-15(10-14)17-13-6-5-11-3-1-2-4-12(11)9-13/h1-4,7-8,10,13H,5-6,9H2,(H,16,17). The summed E-state index contributed by atoms with van der Waals surface area (Å²) in [5.74, 6) is 0.573. The zero-order valence-corrected chi connectivity index (χ0v) is 11.0. The van der Waals surface area contributed by atoms with Gasteiger partial charge < -0.3 is 5.32 Å². The molecular weight excluding hydrogens is 254 g/mol. The molecule has 1 heterocycles. The molecule has 0 radical (unpaired) electrons. The Kier molecular flexibility index (Phi) is 3.33.